The van der Waals surface area contributed by atoms with Gasteiger partial charge in [-0.1, -0.05) is 27.7 Å². The van der Waals surface area contributed by atoms with Gasteiger partial charge in [-0.15, -0.1) is 0 Å². The van der Waals surface area contributed by atoms with Gasteiger partial charge in [-0.2, -0.15) is 0 Å². The summed E-state index contributed by atoms with van der Waals surface area (Å²) in [5.74, 6) is 0. The molecule has 0 aromatic carbocycles. The number of hydrogen-bond acceptors (Lipinski definition) is 3. The fourth-order valence-corrected chi connectivity index (χ4v) is 2.90. The normalized spacial score (nSPS) is 31.7. The molecule has 3 unspecified atom stereocenters. The molecule has 0 radical (unpaired) electrons. The molecular weight excluding hydrogens is 224 g/mol. The standard InChI is InChI=1S/C15H32N2O/c1-7-13-10-15(11-16,8-9-18-13)17(6)12(2)14(3,4)5/h12-13H,7-11,16H2,1-6H3. The summed E-state index contributed by atoms with van der Waals surface area (Å²) in [5.41, 5.74) is 6.53. The first kappa shape index (κ1) is 15.9. The molecule has 18 heavy (non-hydrogen) atoms. The van der Waals surface area contributed by atoms with Crippen LogP contribution in [0.1, 0.15) is 53.9 Å². The van der Waals surface area contributed by atoms with Crippen molar-refractivity contribution in [1.29, 1.82) is 0 Å². The lowest BCUT2D eigenvalue weighted by Crippen LogP contribution is -2.61. The van der Waals surface area contributed by atoms with Crippen molar-refractivity contribution in [3.63, 3.8) is 0 Å². The maximum absolute atomic E-state index is 6.14. The summed E-state index contributed by atoms with van der Waals surface area (Å²) in [5, 5.41) is 0. The minimum Gasteiger partial charge on any atom is -0.378 e. The largest absolute Gasteiger partial charge is 0.378 e. The third-order valence-corrected chi connectivity index (χ3v) is 4.95. The highest BCUT2D eigenvalue weighted by Gasteiger charge is 2.42. The summed E-state index contributed by atoms with van der Waals surface area (Å²) >= 11 is 0. The number of hydrogen-bond donors (Lipinski definition) is 1. The van der Waals surface area contributed by atoms with Gasteiger partial charge < -0.3 is 10.5 Å². The highest BCUT2D eigenvalue weighted by atomic mass is 16.5. The molecule has 1 aliphatic heterocycles. The molecule has 0 aromatic rings. The molecule has 1 saturated heterocycles. The van der Waals surface area contributed by atoms with Crippen LogP contribution in [0.15, 0.2) is 0 Å². The highest BCUT2D eigenvalue weighted by Crippen LogP contribution is 2.35. The van der Waals surface area contributed by atoms with Crippen molar-refractivity contribution in [1.82, 2.24) is 4.90 Å². The zero-order valence-electron chi connectivity index (χ0n) is 13.1. The molecule has 1 rings (SSSR count). The zero-order chi connectivity index (χ0) is 14.0. The van der Waals surface area contributed by atoms with E-state index in [1.54, 1.807) is 0 Å². The summed E-state index contributed by atoms with van der Waals surface area (Å²) in [6.45, 7) is 13.0. The monoisotopic (exact) mass is 256 g/mol. The van der Waals surface area contributed by atoms with E-state index < -0.39 is 0 Å². The van der Waals surface area contributed by atoms with Crippen LogP contribution in [-0.4, -0.2) is 42.8 Å². The smallest absolute Gasteiger partial charge is 0.0590 e. The van der Waals surface area contributed by atoms with Crippen LogP contribution in [0, 0.1) is 5.41 Å². The molecule has 1 aliphatic rings. The Labute approximate surface area is 113 Å². The molecule has 0 amide bonds. The average molecular weight is 256 g/mol. The van der Waals surface area contributed by atoms with Gasteiger partial charge in [0.1, 0.15) is 0 Å². The van der Waals surface area contributed by atoms with Crippen LogP contribution in [0.4, 0.5) is 0 Å². The summed E-state index contributed by atoms with van der Waals surface area (Å²) < 4.78 is 5.82. The number of rotatable bonds is 4. The molecule has 3 atom stereocenters. The second-order valence-electron chi connectivity index (χ2n) is 6.94. The fraction of sp³-hybridized carbons (Fsp3) is 1.00. The van der Waals surface area contributed by atoms with E-state index in [0.29, 0.717) is 12.1 Å². The molecule has 1 heterocycles. The van der Waals surface area contributed by atoms with E-state index in [1.165, 1.54) is 0 Å². The highest BCUT2D eigenvalue weighted by molar-refractivity contribution is 4.98. The Balaban J connectivity index is 2.86. The summed E-state index contributed by atoms with van der Waals surface area (Å²) in [6, 6.07) is 0.511. The number of ether oxygens (including phenoxy) is 1. The van der Waals surface area contributed by atoms with Gasteiger partial charge in [-0.05, 0) is 38.6 Å². The molecule has 0 spiro atoms. The first-order valence-electron chi connectivity index (χ1n) is 7.31. The van der Waals surface area contributed by atoms with Gasteiger partial charge in [0.05, 0.1) is 6.10 Å². The first-order valence-corrected chi connectivity index (χ1v) is 7.31. The Morgan fingerprint density at radius 2 is 2.06 bits per heavy atom. The Hall–Kier alpha value is -0.120. The first-order chi connectivity index (χ1) is 8.27. The van der Waals surface area contributed by atoms with E-state index >= 15 is 0 Å². The summed E-state index contributed by atoms with van der Waals surface area (Å²) in [7, 11) is 2.24. The van der Waals surface area contributed by atoms with E-state index in [1.807, 2.05) is 0 Å². The molecular formula is C15H32N2O. The van der Waals surface area contributed by atoms with Gasteiger partial charge in [0.15, 0.2) is 0 Å². The zero-order valence-corrected chi connectivity index (χ0v) is 13.1. The lowest BCUT2D eigenvalue weighted by molar-refractivity contribution is -0.0856. The molecule has 108 valence electrons. The quantitative estimate of drug-likeness (QED) is 0.840. The van der Waals surface area contributed by atoms with Crippen molar-refractivity contribution in [3.05, 3.63) is 0 Å². The third-order valence-electron chi connectivity index (χ3n) is 4.95. The summed E-state index contributed by atoms with van der Waals surface area (Å²) in [4.78, 5) is 2.51. The minimum atomic E-state index is 0.117. The van der Waals surface area contributed by atoms with Crippen LogP contribution in [0.25, 0.3) is 0 Å². The van der Waals surface area contributed by atoms with Gasteiger partial charge in [-0.3, -0.25) is 4.90 Å². The van der Waals surface area contributed by atoms with Gasteiger partial charge >= 0.3 is 0 Å². The molecule has 0 aromatic heterocycles. The molecule has 3 heteroatoms. The molecule has 2 N–H and O–H groups in total. The molecule has 0 aliphatic carbocycles. The maximum atomic E-state index is 6.14. The Kier molecular flexibility index (Phi) is 5.22. The van der Waals surface area contributed by atoms with Gasteiger partial charge in [0.25, 0.3) is 0 Å². The van der Waals surface area contributed by atoms with Crippen molar-refractivity contribution < 1.29 is 4.74 Å². The molecule has 0 saturated carbocycles. The van der Waals surface area contributed by atoms with Crippen LogP contribution >= 0.6 is 0 Å². The van der Waals surface area contributed by atoms with Gasteiger partial charge in [0.2, 0.25) is 0 Å². The van der Waals surface area contributed by atoms with Gasteiger partial charge in [-0.25, -0.2) is 0 Å². The number of nitrogens with two attached hydrogens (primary N) is 1. The van der Waals surface area contributed by atoms with E-state index in [2.05, 4.69) is 46.6 Å². The van der Waals surface area contributed by atoms with Crippen LogP contribution in [-0.2, 0) is 4.74 Å². The number of nitrogens with zero attached hydrogens (tertiary/aromatic N) is 1. The van der Waals surface area contributed by atoms with Crippen molar-refractivity contribution >= 4 is 0 Å². The topological polar surface area (TPSA) is 38.5 Å². The van der Waals surface area contributed by atoms with E-state index in [-0.39, 0.29) is 11.0 Å². The van der Waals surface area contributed by atoms with E-state index in [4.69, 9.17) is 10.5 Å². The average Bonchev–Trinajstić information content (AvgIpc) is 2.35. The maximum Gasteiger partial charge on any atom is 0.0590 e. The predicted octanol–water partition coefficient (Wildman–Crippen LogP) is 2.64. The second kappa shape index (κ2) is 5.89. The van der Waals surface area contributed by atoms with E-state index in [9.17, 15) is 0 Å². The molecule has 0 bridgehead atoms. The fourth-order valence-electron chi connectivity index (χ4n) is 2.90. The lowest BCUT2D eigenvalue weighted by Gasteiger charge is -2.51. The Bertz CT molecular complexity index is 262. The van der Waals surface area contributed by atoms with Crippen LogP contribution in [0.2, 0.25) is 0 Å². The van der Waals surface area contributed by atoms with Gasteiger partial charge in [0, 0.05) is 24.7 Å². The predicted molar refractivity (Wildman–Crippen MR) is 77.7 cm³/mol. The Morgan fingerprint density at radius 1 is 1.44 bits per heavy atom. The summed E-state index contributed by atoms with van der Waals surface area (Å²) in [6.07, 6.45) is 3.57. The minimum absolute atomic E-state index is 0.117. The number of likely N-dealkylation sites (N-methyl/N-ethyl adjacent to an activating group) is 1. The van der Waals surface area contributed by atoms with Crippen LogP contribution in [0.3, 0.4) is 0 Å². The second-order valence-corrected chi connectivity index (χ2v) is 6.94. The lowest BCUT2D eigenvalue weighted by atomic mass is 9.79. The third kappa shape index (κ3) is 3.25. The van der Waals surface area contributed by atoms with Crippen LogP contribution in [0.5, 0.6) is 0 Å². The Morgan fingerprint density at radius 3 is 2.50 bits per heavy atom. The SMILES string of the molecule is CCC1CC(CN)(N(C)C(C)C(C)(C)C)CCO1. The van der Waals surface area contributed by atoms with Crippen LogP contribution < -0.4 is 5.73 Å². The molecule has 3 nitrogen and oxygen atoms in total. The van der Waals surface area contributed by atoms with E-state index in [0.717, 1.165) is 32.4 Å². The van der Waals surface area contributed by atoms with Crippen molar-refractivity contribution in [2.75, 3.05) is 20.2 Å². The van der Waals surface area contributed by atoms with Crippen molar-refractivity contribution in [2.45, 2.75) is 71.6 Å². The van der Waals surface area contributed by atoms with Crippen molar-refractivity contribution in [3.8, 4) is 0 Å². The molecule has 1 fully saturated rings. The van der Waals surface area contributed by atoms with Crippen molar-refractivity contribution in [2.24, 2.45) is 11.1 Å².